The second-order valence-electron chi connectivity index (χ2n) is 5.02. The highest BCUT2D eigenvalue weighted by atomic mass is 16.5. The van der Waals surface area contributed by atoms with Crippen molar-refractivity contribution in [1.82, 2.24) is 0 Å². The van der Waals surface area contributed by atoms with Crippen LogP contribution >= 0.6 is 0 Å². The van der Waals surface area contributed by atoms with E-state index in [9.17, 15) is 4.79 Å². The third-order valence-electron chi connectivity index (χ3n) is 3.43. The van der Waals surface area contributed by atoms with Crippen LogP contribution in [0, 0.1) is 0 Å². The second kappa shape index (κ2) is 8.67. The largest absolute Gasteiger partial charge is 0.497 e. The van der Waals surface area contributed by atoms with Crippen LogP contribution in [0.15, 0.2) is 42.5 Å². The summed E-state index contributed by atoms with van der Waals surface area (Å²) < 4.78 is 15.6. The van der Waals surface area contributed by atoms with Crippen LogP contribution in [0.1, 0.15) is 6.42 Å². The molecular formula is C18H22N2O4. The van der Waals surface area contributed by atoms with Gasteiger partial charge in [0.05, 0.1) is 27.0 Å². The Hall–Kier alpha value is -2.89. The first kappa shape index (κ1) is 17.5. The predicted octanol–water partition coefficient (Wildman–Crippen LogP) is 3.15. The van der Waals surface area contributed by atoms with Crippen molar-refractivity contribution in [2.45, 2.75) is 6.42 Å². The van der Waals surface area contributed by atoms with Crippen molar-refractivity contribution in [1.29, 1.82) is 0 Å². The summed E-state index contributed by atoms with van der Waals surface area (Å²) in [5, 5.41) is 6.03. The number of anilines is 2. The van der Waals surface area contributed by atoms with Crippen molar-refractivity contribution in [2.75, 3.05) is 38.5 Å². The fraction of sp³-hybridized carbons (Fsp3) is 0.278. The summed E-state index contributed by atoms with van der Waals surface area (Å²) in [5.74, 6) is 1.90. The first-order valence-corrected chi connectivity index (χ1v) is 7.56. The van der Waals surface area contributed by atoms with E-state index in [1.54, 1.807) is 39.5 Å². The molecule has 0 atom stereocenters. The normalized spacial score (nSPS) is 9.96. The van der Waals surface area contributed by atoms with Crippen LogP contribution in [-0.4, -0.2) is 33.8 Å². The summed E-state index contributed by atoms with van der Waals surface area (Å²) in [6.07, 6.45) is 0.326. The molecule has 0 aliphatic carbocycles. The van der Waals surface area contributed by atoms with Gasteiger partial charge < -0.3 is 24.8 Å². The Morgan fingerprint density at radius 2 is 1.71 bits per heavy atom. The molecule has 0 fully saturated rings. The van der Waals surface area contributed by atoms with Crippen molar-refractivity contribution in [3.8, 4) is 17.2 Å². The molecule has 24 heavy (non-hydrogen) atoms. The second-order valence-corrected chi connectivity index (χ2v) is 5.02. The summed E-state index contributed by atoms with van der Waals surface area (Å²) in [4.78, 5) is 12.1. The van der Waals surface area contributed by atoms with Gasteiger partial charge in [0.25, 0.3) is 0 Å². The van der Waals surface area contributed by atoms with Crippen LogP contribution in [0.5, 0.6) is 17.2 Å². The van der Waals surface area contributed by atoms with Crippen molar-refractivity contribution >= 4 is 17.3 Å². The number of carbonyl (C=O) groups excluding carboxylic acids is 1. The lowest BCUT2D eigenvalue weighted by molar-refractivity contribution is -0.116. The van der Waals surface area contributed by atoms with Gasteiger partial charge in [-0.15, -0.1) is 0 Å². The lowest BCUT2D eigenvalue weighted by atomic mass is 10.2. The van der Waals surface area contributed by atoms with E-state index in [0.717, 1.165) is 11.4 Å². The highest BCUT2D eigenvalue weighted by molar-refractivity contribution is 5.92. The van der Waals surface area contributed by atoms with E-state index >= 15 is 0 Å². The zero-order valence-corrected chi connectivity index (χ0v) is 14.1. The topological polar surface area (TPSA) is 68.8 Å². The molecule has 0 aromatic heterocycles. The Balaban J connectivity index is 1.87. The fourth-order valence-corrected chi connectivity index (χ4v) is 2.17. The molecule has 0 heterocycles. The lowest BCUT2D eigenvalue weighted by Crippen LogP contribution is -2.16. The van der Waals surface area contributed by atoms with Gasteiger partial charge in [0, 0.05) is 30.8 Å². The Labute approximate surface area is 141 Å². The van der Waals surface area contributed by atoms with Gasteiger partial charge in [-0.3, -0.25) is 4.79 Å². The summed E-state index contributed by atoms with van der Waals surface area (Å²) >= 11 is 0. The standard InChI is InChI=1S/C18H22N2O4/c1-22-14-6-4-5-13(11-14)19-10-9-18(21)20-16-8-7-15(23-2)12-17(16)24-3/h4-8,11-12,19H,9-10H2,1-3H3,(H,20,21). The molecule has 6 nitrogen and oxygen atoms in total. The molecule has 0 unspecified atom stereocenters. The van der Waals surface area contributed by atoms with Crippen LogP contribution in [0.2, 0.25) is 0 Å². The van der Waals surface area contributed by atoms with E-state index < -0.39 is 0 Å². The molecule has 0 radical (unpaired) electrons. The maximum absolute atomic E-state index is 12.1. The third kappa shape index (κ3) is 4.81. The number of amides is 1. The number of nitrogens with one attached hydrogen (secondary N) is 2. The highest BCUT2D eigenvalue weighted by Crippen LogP contribution is 2.29. The quantitative estimate of drug-likeness (QED) is 0.778. The minimum atomic E-state index is -0.103. The van der Waals surface area contributed by atoms with Gasteiger partial charge in [-0.25, -0.2) is 0 Å². The van der Waals surface area contributed by atoms with Crippen molar-refractivity contribution in [3.63, 3.8) is 0 Å². The van der Waals surface area contributed by atoms with Gasteiger partial charge in [-0.05, 0) is 24.3 Å². The predicted molar refractivity (Wildman–Crippen MR) is 94.3 cm³/mol. The zero-order valence-electron chi connectivity index (χ0n) is 14.1. The van der Waals surface area contributed by atoms with Gasteiger partial charge in [0.2, 0.25) is 5.91 Å². The number of methoxy groups -OCH3 is 3. The smallest absolute Gasteiger partial charge is 0.226 e. The molecule has 2 rings (SSSR count). The fourth-order valence-electron chi connectivity index (χ4n) is 2.17. The van der Waals surface area contributed by atoms with E-state index in [2.05, 4.69) is 10.6 Å². The van der Waals surface area contributed by atoms with E-state index in [4.69, 9.17) is 14.2 Å². The summed E-state index contributed by atoms with van der Waals surface area (Å²) in [6.45, 7) is 0.511. The number of ether oxygens (including phenoxy) is 3. The molecule has 0 saturated heterocycles. The van der Waals surface area contributed by atoms with Crippen molar-refractivity contribution < 1.29 is 19.0 Å². The van der Waals surface area contributed by atoms with E-state index in [0.29, 0.717) is 30.2 Å². The number of hydrogen-bond acceptors (Lipinski definition) is 5. The molecule has 0 aliphatic rings. The van der Waals surface area contributed by atoms with Gasteiger partial charge >= 0.3 is 0 Å². The number of carbonyl (C=O) groups is 1. The minimum Gasteiger partial charge on any atom is -0.497 e. The van der Waals surface area contributed by atoms with Gasteiger partial charge in [-0.2, -0.15) is 0 Å². The molecule has 2 N–H and O–H groups in total. The van der Waals surface area contributed by atoms with E-state index in [-0.39, 0.29) is 5.91 Å². The third-order valence-corrected chi connectivity index (χ3v) is 3.43. The van der Waals surface area contributed by atoms with Gasteiger partial charge in [0.15, 0.2) is 0 Å². The molecule has 2 aromatic rings. The summed E-state index contributed by atoms with van der Waals surface area (Å²) in [5.41, 5.74) is 1.52. The first-order chi connectivity index (χ1) is 11.7. The minimum absolute atomic E-state index is 0.103. The SMILES string of the molecule is COc1cccc(NCCC(=O)Nc2ccc(OC)cc2OC)c1. The molecule has 1 amide bonds. The number of hydrogen-bond donors (Lipinski definition) is 2. The number of benzene rings is 2. The first-order valence-electron chi connectivity index (χ1n) is 7.56. The molecule has 0 bridgehead atoms. The van der Waals surface area contributed by atoms with Gasteiger partial charge in [0.1, 0.15) is 17.2 Å². The zero-order chi connectivity index (χ0) is 17.4. The molecule has 0 saturated carbocycles. The monoisotopic (exact) mass is 330 g/mol. The van der Waals surface area contributed by atoms with Crippen LogP contribution in [0.25, 0.3) is 0 Å². The van der Waals surface area contributed by atoms with Crippen LogP contribution in [0.4, 0.5) is 11.4 Å². The average molecular weight is 330 g/mol. The summed E-state index contributed by atoms with van der Waals surface area (Å²) in [6, 6.07) is 12.8. The van der Waals surface area contributed by atoms with Crippen LogP contribution in [-0.2, 0) is 4.79 Å². The highest BCUT2D eigenvalue weighted by Gasteiger charge is 2.09. The van der Waals surface area contributed by atoms with Gasteiger partial charge in [-0.1, -0.05) is 6.07 Å². The van der Waals surface area contributed by atoms with Crippen molar-refractivity contribution in [2.24, 2.45) is 0 Å². The molecule has 128 valence electrons. The van der Waals surface area contributed by atoms with Crippen LogP contribution < -0.4 is 24.8 Å². The Morgan fingerprint density at radius 3 is 2.42 bits per heavy atom. The molecule has 0 spiro atoms. The molecule has 2 aromatic carbocycles. The molecular weight excluding hydrogens is 308 g/mol. The van der Waals surface area contributed by atoms with E-state index in [1.165, 1.54) is 0 Å². The summed E-state index contributed by atoms with van der Waals surface area (Å²) in [7, 11) is 4.75. The Kier molecular flexibility index (Phi) is 6.31. The lowest BCUT2D eigenvalue weighted by Gasteiger charge is -2.12. The maximum Gasteiger partial charge on any atom is 0.226 e. The Bertz CT molecular complexity index is 688. The molecule has 6 heteroatoms. The number of rotatable bonds is 8. The van der Waals surface area contributed by atoms with Crippen molar-refractivity contribution in [3.05, 3.63) is 42.5 Å². The van der Waals surface area contributed by atoms with Crippen LogP contribution in [0.3, 0.4) is 0 Å². The van der Waals surface area contributed by atoms with E-state index in [1.807, 2.05) is 24.3 Å². The Morgan fingerprint density at radius 1 is 0.958 bits per heavy atom. The average Bonchev–Trinajstić information content (AvgIpc) is 2.62. The maximum atomic E-state index is 12.1. The molecule has 0 aliphatic heterocycles.